The van der Waals surface area contributed by atoms with Gasteiger partial charge in [0.2, 0.25) is 23.6 Å². The average Bonchev–Trinajstić information content (AvgIpc) is 3.32. The summed E-state index contributed by atoms with van der Waals surface area (Å²) in [7, 11) is 0. The number of phenols is 1. The fourth-order valence-electron chi connectivity index (χ4n) is 4.24. The summed E-state index contributed by atoms with van der Waals surface area (Å²) >= 11 is 0. The Balaban J connectivity index is 2.21. The highest BCUT2D eigenvalue weighted by molar-refractivity contribution is 5.94. The lowest BCUT2D eigenvalue weighted by molar-refractivity contribution is -0.145. The molecule has 1 heterocycles. The first-order valence-corrected chi connectivity index (χ1v) is 12.3. The van der Waals surface area contributed by atoms with E-state index >= 15 is 0 Å². The summed E-state index contributed by atoms with van der Waals surface area (Å²) in [5, 5.41) is 24.2. The summed E-state index contributed by atoms with van der Waals surface area (Å²) in [6.45, 7) is 3.95. The van der Waals surface area contributed by atoms with Crippen LogP contribution < -0.4 is 22.1 Å². The van der Waals surface area contributed by atoms with Gasteiger partial charge in [-0.1, -0.05) is 26.0 Å². The molecular formula is C25H37N5O7. The summed E-state index contributed by atoms with van der Waals surface area (Å²) in [6, 6.07) is 1.97. The molecule has 1 aromatic rings. The van der Waals surface area contributed by atoms with Crippen molar-refractivity contribution in [1.82, 2.24) is 15.5 Å². The maximum absolute atomic E-state index is 13.6. The molecule has 0 bridgehead atoms. The van der Waals surface area contributed by atoms with Gasteiger partial charge in [0, 0.05) is 19.4 Å². The van der Waals surface area contributed by atoms with Gasteiger partial charge >= 0.3 is 5.97 Å². The Hall–Kier alpha value is -3.67. The molecule has 1 saturated heterocycles. The number of primary amides is 1. The number of amides is 4. The number of carboxylic acids is 1. The second kappa shape index (κ2) is 13.6. The molecule has 1 aliphatic heterocycles. The molecule has 0 saturated carbocycles. The highest BCUT2D eigenvalue weighted by atomic mass is 16.4. The van der Waals surface area contributed by atoms with Crippen molar-refractivity contribution < 1.29 is 34.2 Å². The van der Waals surface area contributed by atoms with Gasteiger partial charge in [0.25, 0.3) is 0 Å². The van der Waals surface area contributed by atoms with Crippen LogP contribution in [0, 0.1) is 5.92 Å². The first kappa shape index (κ1) is 29.6. The van der Waals surface area contributed by atoms with Crippen LogP contribution in [0.3, 0.4) is 0 Å². The van der Waals surface area contributed by atoms with Crippen LogP contribution in [0.25, 0.3) is 0 Å². The van der Waals surface area contributed by atoms with Crippen LogP contribution in [-0.2, 0) is 30.4 Å². The van der Waals surface area contributed by atoms with E-state index in [0.29, 0.717) is 18.4 Å². The molecule has 4 unspecified atom stereocenters. The lowest BCUT2D eigenvalue weighted by Crippen LogP contribution is -2.57. The number of likely N-dealkylation sites (tertiary alicyclic amines) is 1. The second-order valence-electron chi connectivity index (χ2n) is 9.76. The van der Waals surface area contributed by atoms with Gasteiger partial charge in [-0.25, -0.2) is 4.79 Å². The Kier molecular flexibility index (Phi) is 10.9. The average molecular weight is 520 g/mol. The zero-order valence-electron chi connectivity index (χ0n) is 21.2. The Morgan fingerprint density at radius 1 is 1.08 bits per heavy atom. The molecule has 12 heteroatoms. The van der Waals surface area contributed by atoms with Crippen LogP contribution in [0.4, 0.5) is 0 Å². The summed E-state index contributed by atoms with van der Waals surface area (Å²) in [4.78, 5) is 63.4. The smallest absolute Gasteiger partial charge is 0.326 e. The number of carbonyl (C=O) groups excluding carboxylic acids is 4. The van der Waals surface area contributed by atoms with Crippen molar-refractivity contribution in [3.63, 3.8) is 0 Å². The van der Waals surface area contributed by atoms with E-state index in [2.05, 4.69) is 10.6 Å². The monoisotopic (exact) mass is 519 g/mol. The van der Waals surface area contributed by atoms with E-state index in [1.807, 2.05) is 13.8 Å². The van der Waals surface area contributed by atoms with Crippen molar-refractivity contribution in [3.8, 4) is 5.75 Å². The first-order valence-electron chi connectivity index (χ1n) is 12.3. The summed E-state index contributed by atoms with van der Waals surface area (Å²) < 4.78 is 0. The molecule has 2 rings (SSSR count). The molecule has 37 heavy (non-hydrogen) atoms. The zero-order chi connectivity index (χ0) is 27.7. The Morgan fingerprint density at radius 2 is 1.73 bits per heavy atom. The number of carboxylic acid groups (broad SMARTS) is 1. The minimum atomic E-state index is -1.15. The fourth-order valence-corrected chi connectivity index (χ4v) is 4.24. The predicted molar refractivity (Wildman–Crippen MR) is 134 cm³/mol. The topological polar surface area (TPSA) is 205 Å². The third-order valence-electron chi connectivity index (χ3n) is 6.19. The van der Waals surface area contributed by atoms with Crippen LogP contribution in [0.5, 0.6) is 5.75 Å². The Morgan fingerprint density at radius 3 is 2.30 bits per heavy atom. The van der Waals surface area contributed by atoms with E-state index in [-0.39, 0.29) is 43.9 Å². The Bertz CT molecular complexity index is 982. The van der Waals surface area contributed by atoms with E-state index in [1.165, 1.54) is 17.0 Å². The molecule has 12 nitrogen and oxygen atoms in total. The number of nitrogens with zero attached hydrogens (tertiary/aromatic N) is 1. The van der Waals surface area contributed by atoms with Crippen molar-refractivity contribution in [2.45, 2.75) is 76.5 Å². The van der Waals surface area contributed by atoms with Crippen LogP contribution in [0.15, 0.2) is 24.3 Å². The SMILES string of the molecule is CC(C)CC(NC(=O)C1CCCN1C(=O)C(Cc1ccc(O)cc1)NC(=O)C(N)CCC(N)=O)C(=O)O. The number of carbonyl (C=O) groups is 5. The number of phenolic OH excluding ortho intramolecular Hbond substituents is 1. The van der Waals surface area contributed by atoms with Gasteiger partial charge in [-0.3, -0.25) is 19.2 Å². The number of hydrogen-bond donors (Lipinski definition) is 6. The molecule has 204 valence electrons. The minimum Gasteiger partial charge on any atom is -0.508 e. The van der Waals surface area contributed by atoms with Crippen molar-refractivity contribution in [3.05, 3.63) is 29.8 Å². The molecule has 0 spiro atoms. The number of rotatable bonds is 13. The minimum absolute atomic E-state index is 0.00244. The molecule has 0 radical (unpaired) electrons. The first-order chi connectivity index (χ1) is 17.4. The Labute approximate surface area is 215 Å². The van der Waals surface area contributed by atoms with Gasteiger partial charge in [-0.15, -0.1) is 0 Å². The lowest BCUT2D eigenvalue weighted by atomic mass is 10.0. The largest absolute Gasteiger partial charge is 0.508 e. The van der Waals surface area contributed by atoms with Gasteiger partial charge in [0.1, 0.15) is 23.9 Å². The standard InChI is InChI=1S/C25H37N5O7/c1-14(2)12-19(25(36)37)29-23(34)20-4-3-11-30(20)24(35)18(13-15-5-7-16(31)8-6-15)28-22(33)17(26)9-10-21(27)32/h5-8,14,17-20,31H,3-4,9-13,26H2,1-2H3,(H2,27,32)(H,28,33)(H,29,34)(H,36,37). The van der Waals surface area contributed by atoms with Crippen LogP contribution >= 0.6 is 0 Å². The van der Waals surface area contributed by atoms with Gasteiger partial charge in [0.05, 0.1) is 6.04 Å². The molecule has 1 fully saturated rings. The van der Waals surface area contributed by atoms with E-state index in [9.17, 15) is 34.2 Å². The molecule has 4 amide bonds. The van der Waals surface area contributed by atoms with Crippen molar-refractivity contribution >= 4 is 29.6 Å². The van der Waals surface area contributed by atoms with Crippen LogP contribution in [0.2, 0.25) is 0 Å². The number of benzene rings is 1. The highest BCUT2D eigenvalue weighted by Gasteiger charge is 2.39. The third kappa shape index (κ3) is 9.05. The van der Waals surface area contributed by atoms with Gasteiger partial charge in [-0.2, -0.15) is 0 Å². The molecule has 4 atom stereocenters. The zero-order valence-corrected chi connectivity index (χ0v) is 21.2. The van der Waals surface area contributed by atoms with Crippen LogP contribution in [0.1, 0.15) is 51.5 Å². The van der Waals surface area contributed by atoms with E-state index in [0.717, 1.165) is 0 Å². The van der Waals surface area contributed by atoms with Crippen molar-refractivity contribution in [2.24, 2.45) is 17.4 Å². The molecular weight excluding hydrogens is 482 g/mol. The number of hydrogen-bond acceptors (Lipinski definition) is 7. The summed E-state index contributed by atoms with van der Waals surface area (Å²) in [5.41, 5.74) is 11.7. The molecule has 1 aromatic carbocycles. The predicted octanol–water partition coefficient (Wildman–Crippen LogP) is -0.381. The van der Waals surface area contributed by atoms with E-state index in [4.69, 9.17) is 11.5 Å². The summed E-state index contributed by atoms with van der Waals surface area (Å²) in [5.74, 6) is -3.42. The maximum atomic E-state index is 13.6. The van der Waals surface area contributed by atoms with Gasteiger partial charge in [-0.05, 0) is 49.3 Å². The number of nitrogens with one attached hydrogen (secondary N) is 2. The summed E-state index contributed by atoms with van der Waals surface area (Å²) in [6.07, 6.45) is 1.09. The van der Waals surface area contributed by atoms with E-state index < -0.39 is 53.8 Å². The lowest BCUT2D eigenvalue weighted by Gasteiger charge is -2.30. The molecule has 8 N–H and O–H groups in total. The molecule has 0 aromatic heterocycles. The van der Waals surface area contributed by atoms with Crippen molar-refractivity contribution in [2.75, 3.05) is 6.54 Å². The quantitative estimate of drug-likeness (QED) is 0.202. The second-order valence-corrected chi connectivity index (χ2v) is 9.76. The van der Waals surface area contributed by atoms with Gasteiger partial charge in [0.15, 0.2) is 0 Å². The van der Waals surface area contributed by atoms with Crippen LogP contribution in [-0.4, -0.2) is 75.4 Å². The number of nitrogens with two attached hydrogens (primary N) is 2. The number of aliphatic carboxylic acids is 1. The number of aromatic hydroxyl groups is 1. The van der Waals surface area contributed by atoms with Crippen molar-refractivity contribution in [1.29, 1.82) is 0 Å². The van der Waals surface area contributed by atoms with E-state index in [1.54, 1.807) is 12.1 Å². The molecule has 1 aliphatic rings. The highest BCUT2D eigenvalue weighted by Crippen LogP contribution is 2.21. The van der Waals surface area contributed by atoms with Gasteiger partial charge < -0.3 is 37.2 Å². The normalized spacial score (nSPS) is 17.6. The molecule has 0 aliphatic carbocycles. The fraction of sp³-hybridized carbons (Fsp3) is 0.560. The maximum Gasteiger partial charge on any atom is 0.326 e. The third-order valence-corrected chi connectivity index (χ3v) is 6.19.